The number of nitrogens with one attached hydrogen (secondary N) is 1. The molecule has 1 aromatic carbocycles. The Morgan fingerprint density at radius 2 is 1.76 bits per heavy atom. The highest BCUT2D eigenvalue weighted by atomic mass is 35.5. The quantitative estimate of drug-likeness (QED) is 0.545. The zero-order valence-corrected chi connectivity index (χ0v) is 14.3. The number of hydrogen-bond donors (Lipinski definition) is 2. The van der Waals surface area contributed by atoms with Crippen molar-refractivity contribution in [2.24, 2.45) is 5.73 Å². The minimum absolute atomic E-state index is 0. The smallest absolute Gasteiger partial charge is 0.269 e. The first-order valence-electron chi connectivity index (χ1n) is 5.97. The molecule has 0 spiro atoms. The maximum atomic E-state index is 10.5. The van der Waals surface area contributed by atoms with Gasteiger partial charge >= 0.3 is 0 Å². The zero-order chi connectivity index (χ0) is 13.4. The summed E-state index contributed by atoms with van der Waals surface area (Å²) in [5.41, 5.74) is 6.75. The third-order valence-corrected chi connectivity index (χ3v) is 2.68. The summed E-state index contributed by atoms with van der Waals surface area (Å²) in [4.78, 5) is 12.4. The molecule has 3 N–H and O–H groups in total. The summed E-state index contributed by atoms with van der Waals surface area (Å²) in [5, 5.41) is 13.6. The summed E-state index contributed by atoms with van der Waals surface area (Å²) < 4.78 is 0. The molecule has 1 aromatic rings. The van der Waals surface area contributed by atoms with Crippen LogP contribution in [0.4, 0.5) is 5.69 Å². The average Bonchev–Trinajstić information content (AvgIpc) is 2.37. The Morgan fingerprint density at radius 1 is 1.19 bits per heavy atom. The number of halogens is 3. The molecule has 0 bridgehead atoms. The molecule has 1 rings (SSSR count). The van der Waals surface area contributed by atoms with Crippen molar-refractivity contribution in [2.75, 3.05) is 33.2 Å². The molecular formula is C12H23Cl3N4O2. The molecule has 0 amide bonds. The van der Waals surface area contributed by atoms with Crippen LogP contribution in [0.5, 0.6) is 0 Å². The Hall–Kier alpha value is -0.630. The predicted molar refractivity (Wildman–Crippen MR) is 93.1 cm³/mol. The molecular weight excluding hydrogens is 339 g/mol. The van der Waals surface area contributed by atoms with E-state index in [4.69, 9.17) is 5.73 Å². The Balaban J connectivity index is -0.00000108. The highest BCUT2D eigenvalue weighted by molar-refractivity contribution is 5.86. The highest BCUT2D eigenvalue weighted by Crippen LogP contribution is 2.13. The van der Waals surface area contributed by atoms with E-state index < -0.39 is 0 Å². The second-order valence-electron chi connectivity index (χ2n) is 4.09. The van der Waals surface area contributed by atoms with E-state index in [0.717, 1.165) is 31.7 Å². The van der Waals surface area contributed by atoms with Crippen LogP contribution in [0.1, 0.15) is 5.56 Å². The van der Waals surface area contributed by atoms with Gasteiger partial charge in [0.05, 0.1) is 4.92 Å². The Labute approximate surface area is 143 Å². The van der Waals surface area contributed by atoms with Crippen LogP contribution in [-0.2, 0) is 6.54 Å². The topological polar surface area (TPSA) is 84.4 Å². The van der Waals surface area contributed by atoms with Gasteiger partial charge < -0.3 is 11.1 Å². The molecule has 0 aliphatic heterocycles. The van der Waals surface area contributed by atoms with Crippen LogP contribution in [-0.4, -0.2) is 43.0 Å². The van der Waals surface area contributed by atoms with Gasteiger partial charge in [-0.05, 0) is 12.6 Å². The maximum Gasteiger partial charge on any atom is 0.269 e. The fraction of sp³-hybridized carbons (Fsp3) is 0.500. The molecule has 21 heavy (non-hydrogen) atoms. The van der Waals surface area contributed by atoms with Crippen LogP contribution < -0.4 is 11.1 Å². The van der Waals surface area contributed by atoms with Gasteiger partial charge in [0.15, 0.2) is 0 Å². The standard InChI is InChI=1S/C12H20N4O2.3ClH/c1-14-7-9-15(8-6-13)10-11-2-4-12(5-3-11)16(17)18;;;/h2-5,14H,6-10,13H2,1H3;3*1H. The van der Waals surface area contributed by atoms with E-state index in [9.17, 15) is 10.1 Å². The lowest BCUT2D eigenvalue weighted by Gasteiger charge is -2.21. The van der Waals surface area contributed by atoms with Crippen molar-refractivity contribution in [3.05, 3.63) is 39.9 Å². The number of benzene rings is 1. The molecule has 0 fully saturated rings. The van der Waals surface area contributed by atoms with Crippen LogP contribution >= 0.6 is 37.2 Å². The second kappa shape index (κ2) is 14.3. The zero-order valence-electron chi connectivity index (χ0n) is 11.9. The van der Waals surface area contributed by atoms with Crippen molar-refractivity contribution in [2.45, 2.75) is 6.54 Å². The highest BCUT2D eigenvalue weighted by Gasteiger charge is 2.07. The van der Waals surface area contributed by atoms with Gasteiger partial charge in [-0.3, -0.25) is 15.0 Å². The van der Waals surface area contributed by atoms with E-state index in [1.807, 2.05) is 7.05 Å². The molecule has 124 valence electrons. The lowest BCUT2D eigenvalue weighted by molar-refractivity contribution is -0.384. The van der Waals surface area contributed by atoms with E-state index in [1.54, 1.807) is 12.1 Å². The van der Waals surface area contributed by atoms with Crippen molar-refractivity contribution in [3.63, 3.8) is 0 Å². The number of likely N-dealkylation sites (N-methyl/N-ethyl adjacent to an activating group) is 1. The van der Waals surface area contributed by atoms with E-state index >= 15 is 0 Å². The van der Waals surface area contributed by atoms with Gasteiger partial charge in [-0.1, -0.05) is 12.1 Å². The molecule has 0 heterocycles. The Morgan fingerprint density at radius 3 is 2.19 bits per heavy atom. The summed E-state index contributed by atoms with van der Waals surface area (Å²) in [6.45, 7) is 3.99. The minimum atomic E-state index is -0.386. The largest absolute Gasteiger partial charge is 0.329 e. The predicted octanol–water partition coefficient (Wildman–Crippen LogP) is 1.84. The summed E-state index contributed by atoms with van der Waals surface area (Å²) in [6.07, 6.45) is 0. The molecule has 0 aliphatic carbocycles. The Kier molecular flexibility index (Phi) is 17.3. The van der Waals surface area contributed by atoms with Gasteiger partial charge in [0, 0.05) is 44.9 Å². The van der Waals surface area contributed by atoms with Crippen LogP contribution in [0, 0.1) is 10.1 Å². The van der Waals surface area contributed by atoms with Crippen molar-refractivity contribution in [1.82, 2.24) is 10.2 Å². The van der Waals surface area contributed by atoms with Gasteiger partial charge in [-0.2, -0.15) is 0 Å². The monoisotopic (exact) mass is 360 g/mol. The molecule has 0 atom stereocenters. The van der Waals surface area contributed by atoms with Gasteiger partial charge in [0.25, 0.3) is 5.69 Å². The fourth-order valence-corrected chi connectivity index (χ4v) is 1.70. The fourth-order valence-electron chi connectivity index (χ4n) is 1.70. The number of hydrogen-bond acceptors (Lipinski definition) is 5. The third-order valence-electron chi connectivity index (χ3n) is 2.68. The first-order valence-corrected chi connectivity index (χ1v) is 5.97. The van der Waals surface area contributed by atoms with E-state index in [-0.39, 0.29) is 47.8 Å². The van der Waals surface area contributed by atoms with Crippen LogP contribution in [0.15, 0.2) is 24.3 Å². The second-order valence-corrected chi connectivity index (χ2v) is 4.09. The number of non-ortho nitro benzene ring substituents is 1. The maximum absolute atomic E-state index is 10.5. The van der Waals surface area contributed by atoms with Crippen LogP contribution in [0.25, 0.3) is 0 Å². The summed E-state index contributed by atoms with van der Waals surface area (Å²) in [7, 11) is 1.91. The first-order chi connectivity index (χ1) is 8.67. The number of nitro benzene ring substituents is 1. The van der Waals surface area contributed by atoms with Gasteiger partial charge in [0.2, 0.25) is 0 Å². The SMILES string of the molecule is CNCCN(CCN)Cc1ccc([N+](=O)[O-])cc1.Cl.Cl.Cl. The van der Waals surface area contributed by atoms with Crippen molar-refractivity contribution in [3.8, 4) is 0 Å². The van der Waals surface area contributed by atoms with Crippen molar-refractivity contribution < 1.29 is 4.92 Å². The van der Waals surface area contributed by atoms with E-state index in [2.05, 4.69) is 10.2 Å². The molecule has 0 saturated heterocycles. The molecule has 6 nitrogen and oxygen atoms in total. The normalized spacial score (nSPS) is 9.29. The first kappa shape index (κ1) is 25.3. The third kappa shape index (κ3) is 9.84. The van der Waals surface area contributed by atoms with Gasteiger partial charge in [-0.25, -0.2) is 0 Å². The number of rotatable bonds is 8. The lowest BCUT2D eigenvalue weighted by Crippen LogP contribution is -2.34. The summed E-state index contributed by atoms with van der Waals surface area (Å²) >= 11 is 0. The van der Waals surface area contributed by atoms with Gasteiger partial charge in [0.1, 0.15) is 0 Å². The number of nitrogens with two attached hydrogens (primary N) is 1. The molecule has 0 radical (unpaired) electrons. The minimum Gasteiger partial charge on any atom is -0.329 e. The molecule has 0 aliphatic rings. The molecule has 0 unspecified atom stereocenters. The number of nitrogens with zero attached hydrogens (tertiary/aromatic N) is 2. The van der Waals surface area contributed by atoms with E-state index in [1.165, 1.54) is 12.1 Å². The summed E-state index contributed by atoms with van der Waals surface area (Å²) in [6, 6.07) is 6.66. The van der Waals surface area contributed by atoms with Crippen LogP contribution in [0.3, 0.4) is 0 Å². The Bertz CT molecular complexity index is 379. The van der Waals surface area contributed by atoms with Crippen LogP contribution in [0.2, 0.25) is 0 Å². The van der Waals surface area contributed by atoms with Gasteiger partial charge in [-0.15, -0.1) is 37.2 Å². The molecule has 0 aromatic heterocycles. The summed E-state index contributed by atoms with van der Waals surface area (Å²) in [5.74, 6) is 0. The molecule has 0 saturated carbocycles. The van der Waals surface area contributed by atoms with Crippen molar-refractivity contribution >= 4 is 42.9 Å². The van der Waals surface area contributed by atoms with E-state index in [0.29, 0.717) is 6.54 Å². The lowest BCUT2D eigenvalue weighted by atomic mass is 10.2. The number of nitro groups is 1. The molecule has 9 heteroatoms. The van der Waals surface area contributed by atoms with Crippen molar-refractivity contribution in [1.29, 1.82) is 0 Å². The average molecular weight is 362 g/mol.